The second-order valence-corrected chi connectivity index (χ2v) is 4.35. The fourth-order valence-corrected chi connectivity index (χ4v) is 2.15. The van der Waals surface area contributed by atoms with Gasteiger partial charge in [-0.3, -0.25) is 4.79 Å². The number of amides is 1. The molecule has 0 radical (unpaired) electrons. The standard InChI is InChI=1S/C12H24N2O2/c1-2-14(9-6-10-15)12(16)11-7-4-3-5-8-13-11/h11,13,15H,2-10H2,1H3. The first-order chi connectivity index (χ1) is 7.79. The number of hydrogen-bond acceptors (Lipinski definition) is 3. The van der Waals surface area contributed by atoms with Gasteiger partial charge >= 0.3 is 0 Å². The van der Waals surface area contributed by atoms with Crippen LogP contribution >= 0.6 is 0 Å². The van der Waals surface area contributed by atoms with E-state index in [9.17, 15) is 4.79 Å². The Morgan fingerprint density at radius 3 is 2.94 bits per heavy atom. The summed E-state index contributed by atoms with van der Waals surface area (Å²) in [6.45, 7) is 4.50. The summed E-state index contributed by atoms with van der Waals surface area (Å²) in [5, 5.41) is 12.1. The second kappa shape index (κ2) is 7.63. The van der Waals surface area contributed by atoms with E-state index in [0.717, 1.165) is 25.9 Å². The van der Waals surface area contributed by atoms with Gasteiger partial charge in [-0.2, -0.15) is 0 Å². The molecule has 1 heterocycles. The van der Waals surface area contributed by atoms with Crippen molar-refractivity contribution in [2.24, 2.45) is 0 Å². The summed E-state index contributed by atoms with van der Waals surface area (Å²) in [5.41, 5.74) is 0. The van der Waals surface area contributed by atoms with Gasteiger partial charge in [-0.05, 0) is 32.7 Å². The Bertz CT molecular complexity index is 201. The smallest absolute Gasteiger partial charge is 0.239 e. The molecule has 16 heavy (non-hydrogen) atoms. The molecule has 0 aliphatic carbocycles. The number of rotatable bonds is 5. The lowest BCUT2D eigenvalue weighted by Crippen LogP contribution is -2.46. The van der Waals surface area contributed by atoms with Crippen molar-refractivity contribution in [2.45, 2.75) is 45.1 Å². The topological polar surface area (TPSA) is 52.6 Å². The van der Waals surface area contributed by atoms with Gasteiger partial charge in [0.2, 0.25) is 5.91 Å². The molecule has 2 N–H and O–H groups in total. The number of hydrogen-bond donors (Lipinski definition) is 2. The molecule has 1 aliphatic heterocycles. The van der Waals surface area contributed by atoms with Crippen LogP contribution in [0.2, 0.25) is 0 Å². The van der Waals surface area contributed by atoms with E-state index in [1.54, 1.807) is 0 Å². The van der Waals surface area contributed by atoms with E-state index >= 15 is 0 Å². The summed E-state index contributed by atoms with van der Waals surface area (Å²) >= 11 is 0. The van der Waals surface area contributed by atoms with Crippen molar-refractivity contribution in [1.29, 1.82) is 0 Å². The summed E-state index contributed by atoms with van der Waals surface area (Å²) in [7, 11) is 0. The number of nitrogens with one attached hydrogen (secondary N) is 1. The molecule has 1 rings (SSSR count). The van der Waals surface area contributed by atoms with Crippen LogP contribution in [0.25, 0.3) is 0 Å². The van der Waals surface area contributed by atoms with Crippen molar-refractivity contribution in [3.63, 3.8) is 0 Å². The van der Waals surface area contributed by atoms with E-state index < -0.39 is 0 Å². The van der Waals surface area contributed by atoms with Crippen molar-refractivity contribution in [3.8, 4) is 0 Å². The first kappa shape index (κ1) is 13.5. The molecule has 94 valence electrons. The molecular formula is C12H24N2O2. The largest absolute Gasteiger partial charge is 0.396 e. The van der Waals surface area contributed by atoms with E-state index in [1.165, 1.54) is 12.8 Å². The van der Waals surface area contributed by atoms with E-state index in [-0.39, 0.29) is 18.6 Å². The second-order valence-electron chi connectivity index (χ2n) is 4.35. The average Bonchev–Trinajstić information content (AvgIpc) is 2.58. The van der Waals surface area contributed by atoms with Crippen LogP contribution in [0.3, 0.4) is 0 Å². The van der Waals surface area contributed by atoms with Crippen molar-refractivity contribution in [3.05, 3.63) is 0 Å². The number of aliphatic hydroxyl groups excluding tert-OH is 1. The van der Waals surface area contributed by atoms with E-state index in [4.69, 9.17) is 5.11 Å². The minimum atomic E-state index is 0.00106. The predicted octanol–water partition coefficient (Wildman–Crippen LogP) is 0.749. The number of carbonyl (C=O) groups is 1. The predicted molar refractivity (Wildman–Crippen MR) is 64.2 cm³/mol. The van der Waals surface area contributed by atoms with Crippen molar-refractivity contribution in [2.75, 3.05) is 26.2 Å². The number of nitrogens with zero attached hydrogens (tertiary/aromatic N) is 1. The molecule has 0 saturated carbocycles. The van der Waals surface area contributed by atoms with Gasteiger partial charge < -0.3 is 15.3 Å². The highest BCUT2D eigenvalue weighted by Gasteiger charge is 2.23. The van der Waals surface area contributed by atoms with Crippen LogP contribution in [0.1, 0.15) is 39.0 Å². The normalized spacial score (nSPS) is 21.5. The lowest BCUT2D eigenvalue weighted by Gasteiger charge is -2.25. The maximum Gasteiger partial charge on any atom is 0.239 e. The summed E-state index contributed by atoms with van der Waals surface area (Å²) in [5.74, 6) is 0.206. The quantitative estimate of drug-likeness (QED) is 0.730. The molecular weight excluding hydrogens is 204 g/mol. The Balaban J connectivity index is 2.44. The van der Waals surface area contributed by atoms with Gasteiger partial charge in [-0.15, -0.1) is 0 Å². The third-order valence-corrected chi connectivity index (χ3v) is 3.14. The lowest BCUT2D eigenvalue weighted by atomic mass is 10.1. The zero-order valence-electron chi connectivity index (χ0n) is 10.2. The van der Waals surface area contributed by atoms with Gasteiger partial charge in [0, 0.05) is 19.7 Å². The summed E-state index contributed by atoms with van der Waals surface area (Å²) in [4.78, 5) is 14.0. The van der Waals surface area contributed by atoms with Crippen LogP contribution in [-0.2, 0) is 4.79 Å². The Morgan fingerprint density at radius 2 is 2.25 bits per heavy atom. The first-order valence-corrected chi connectivity index (χ1v) is 6.42. The SMILES string of the molecule is CCN(CCCO)C(=O)C1CCCCCN1. The van der Waals surface area contributed by atoms with Crippen molar-refractivity contribution >= 4 is 5.91 Å². The van der Waals surface area contributed by atoms with Gasteiger partial charge in [0.05, 0.1) is 6.04 Å². The van der Waals surface area contributed by atoms with E-state index in [2.05, 4.69) is 5.32 Å². The third kappa shape index (κ3) is 4.10. The third-order valence-electron chi connectivity index (χ3n) is 3.14. The number of carbonyl (C=O) groups excluding carboxylic acids is 1. The Kier molecular flexibility index (Phi) is 6.42. The summed E-state index contributed by atoms with van der Waals surface area (Å²) in [6.07, 6.45) is 5.16. The molecule has 0 spiro atoms. The van der Waals surface area contributed by atoms with Crippen LogP contribution in [0.4, 0.5) is 0 Å². The zero-order valence-corrected chi connectivity index (χ0v) is 10.2. The fraction of sp³-hybridized carbons (Fsp3) is 0.917. The van der Waals surface area contributed by atoms with Crippen LogP contribution in [0.15, 0.2) is 0 Å². The fourth-order valence-electron chi connectivity index (χ4n) is 2.15. The van der Waals surface area contributed by atoms with Crippen LogP contribution in [0.5, 0.6) is 0 Å². The summed E-state index contributed by atoms with van der Waals surface area (Å²) in [6, 6.07) is 0.00106. The number of aliphatic hydroxyl groups is 1. The molecule has 1 amide bonds. The van der Waals surface area contributed by atoms with Crippen LogP contribution < -0.4 is 5.32 Å². The molecule has 0 aromatic heterocycles. The van der Waals surface area contributed by atoms with Gasteiger partial charge in [0.1, 0.15) is 0 Å². The molecule has 1 fully saturated rings. The highest BCUT2D eigenvalue weighted by Crippen LogP contribution is 2.11. The lowest BCUT2D eigenvalue weighted by molar-refractivity contribution is -0.133. The van der Waals surface area contributed by atoms with Gasteiger partial charge in [-0.1, -0.05) is 12.8 Å². The Hall–Kier alpha value is -0.610. The molecule has 1 unspecified atom stereocenters. The monoisotopic (exact) mass is 228 g/mol. The Labute approximate surface area is 98.0 Å². The van der Waals surface area contributed by atoms with Crippen LogP contribution in [-0.4, -0.2) is 48.2 Å². The maximum absolute atomic E-state index is 12.2. The molecule has 4 nitrogen and oxygen atoms in total. The van der Waals surface area contributed by atoms with Gasteiger partial charge in [0.15, 0.2) is 0 Å². The summed E-state index contributed by atoms with van der Waals surface area (Å²) < 4.78 is 0. The average molecular weight is 228 g/mol. The zero-order chi connectivity index (χ0) is 11.8. The molecule has 0 aromatic rings. The molecule has 0 aromatic carbocycles. The minimum Gasteiger partial charge on any atom is -0.396 e. The van der Waals surface area contributed by atoms with Crippen LogP contribution in [0, 0.1) is 0 Å². The molecule has 1 saturated heterocycles. The van der Waals surface area contributed by atoms with Crippen molar-refractivity contribution < 1.29 is 9.90 Å². The Morgan fingerprint density at radius 1 is 1.44 bits per heavy atom. The minimum absolute atomic E-state index is 0.00106. The highest BCUT2D eigenvalue weighted by molar-refractivity contribution is 5.81. The molecule has 0 bridgehead atoms. The highest BCUT2D eigenvalue weighted by atomic mass is 16.3. The maximum atomic E-state index is 12.2. The van der Waals surface area contributed by atoms with Crippen molar-refractivity contribution in [1.82, 2.24) is 10.2 Å². The van der Waals surface area contributed by atoms with Gasteiger partial charge in [0.25, 0.3) is 0 Å². The molecule has 1 aliphatic rings. The van der Waals surface area contributed by atoms with E-state index in [1.807, 2.05) is 11.8 Å². The molecule has 4 heteroatoms. The van der Waals surface area contributed by atoms with Gasteiger partial charge in [-0.25, -0.2) is 0 Å². The van der Waals surface area contributed by atoms with E-state index in [0.29, 0.717) is 13.0 Å². The molecule has 1 atom stereocenters. The first-order valence-electron chi connectivity index (χ1n) is 6.42. The number of likely N-dealkylation sites (N-methyl/N-ethyl adjacent to an activating group) is 1.